The molecule has 0 spiro atoms. The van der Waals surface area contributed by atoms with E-state index in [1.54, 1.807) is 0 Å². The number of carboxylic acid groups (broad SMARTS) is 1. The van der Waals surface area contributed by atoms with Crippen LogP contribution in [0.4, 0.5) is 0 Å². The van der Waals surface area contributed by atoms with E-state index in [0.29, 0.717) is 6.42 Å². The molecular weight excluding hydrogens is 206 g/mol. The lowest BCUT2D eigenvalue weighted by Crippen LogP contribution is -2.44. The lowest BCUT2D eigenvalue weighted by molar-refractivity contribution is -0.134. The van der Waals surface area contributed by atoms with Gasteiger partial charge in [0.1, 0.15) is 0 Å². The average molecular weight is 223 g/mol. The molecule has 2 rings (SSSR count). The quantitative estimate of drug-likeness (QED) is 0.723. The molecule has 2 saturated heterocycles. The van der Waals surface area contributed by atoms with Crippen LogP contribution in [0, 0.1) is 0 Å². The first-order valence-electron chi connectivity index (χ1n) is 5.85. The smallest absolute Gasteiger partial charge is 0.328 e. The molecule has 0 aliphatic carbocycles. The van der Waals surface area contributed by atoms with Crippen molar-refractivity contribution < 1.29 is 14.7 Å². The maximum Gasteiger partial charge on any atom is 0.328 e. The number of rotatable bonds is 2. The van der Waals surface area contributed by atoms with Crippen molar-refractivity contribution in [1.29, 1.82) is 0 Å². The Morgan fingerprint density at radius 3 is 2.38 bits per heavy atom. The fourth-order valence-corrected chi connectivity index (χ4v) is 2.93. The Hall–Kier alpha value is -1.32. The van der Waals surface area contributed by atoms with Crippen LogP contribution < -0.4 is 0 Å². The van der Waals surface area contributed by atoms with E-state index in [1.165, 1.54) is 6.08 Å². The number of hydrogen-bond donors (Lipinski definition) is 1. The molecular formula is C12H17NO3. The average Bonchev–Trinajstić information content (AvgIpc) is 2.49. The molecule has 4 heteroatoms. The maximum absolute atomic E-state index is 11.7. The minimum atomic E-state index is -0.871. The summed E-state index contributed by atoms with van der Waals surface area (Å²) in [5, 5.41) is 8.72. The van der Waals surface area contributed by atoms with Gasteiger partial charge >= 0.3 is 5.97 Å². The zero-order valence-corrected chi connectivity index (χ0v) is 9.48. The van der Waals surface area contributed by atoms with Crippen LogP contribution in [-0.2, 0) is 9.59 Å². The van der Waals surface area contributed by atoms with Gasteiger partial charge in [-0.15, -0.1) is 0 Å². The molecule has 88 valence electrons. The molecule has 1 N–H and O–H groups in total. The van der Waals surface area contributed by atoms with Crippen molar-refractivity contribution in [3.63, 3.8) is 0 Å². The summed E-state index contributed by atoms with van der Waals surface area (Å²) < 4.78 is 0. The van der Waals surface area contributed by atoms with Gasteiger partial charge in [0.05, 0.1) is 0 Å². The van der Waals surface area contributed by atoms with E-state index in [4.69, 9.17) is 5.11 Å². The lowest BCUT2D eigenvalue weighted by atomic mass is 9.96. The van der Waals surface area contributed by atoms with Gasteiger partial charge in [-0.2, -0.15) is 0 Å². The Kier molecular flexibility index (Phi) is 2.99. The summed E-state index contributed by atoms with van der Waals surface area (Å²) in [6, 6.07) is 0.494. The Balaban J connectivity index is 2.12. The Labute approximate surface area is 94.9 Å². The standard InChI is InChI=1S/C12H17NO3/c1-2-11(14)13-9-3-4-10(13)6-8(5-9)7-12(15)16/h7,9-10H,2-6H2,1H3,(H,15,16). The first-order chi connectivity index (χ1) is 7.61. The van der Waals surface area contributed by atoms with E-state index in [2.05, 4.69) is 0 Å². The molecule has 0 aromatic heterocycles. The highest BCUT2D eigenvalue weighted by atomic mass is 16.4. The van der Waals surface area contributed by atoms with Gasteiger partial charge in [0.2, 0.25) is 5.91 Å². The van der Waals surface area contributed by atoms with Crippen molar-refractivity contribution >= 4 is 11.9 Å². The maximum atomic E-state index is 11.7. The third-order valence-electron chi connectivity index (χ3n) is 3.53. The molecule has 0 saturated carbocycles. The minimum absolute atomic E-state index is 0.210. The number of nitrogens with zero attached hydrogens (tertiary/aromatic N) is 1. The summed E-state index contributed by atoms with van der Waals surface area (Å²) in [6.45, 7) is 1.88. The largest absolute Gasteiger partial charge is 0.478 e. The van der Waals surface area contributed by atoms with Crippen LogP contribution in [0.2, 0.25) is 0 Å². The highest BCUT2D eigenvalue weighted by Crippen LogP contribution is 2.38. The summed E-state index contributed by atoms with van der Waals surface area (Å²) in [7, 11) is 0. The van der Waals surface area contributed by atoms with Gasteiger partial charge in [0, 0.05) is 24.6 Å². The van der Waals surface area contributed by atoms with Crippen molar-refractivity contribution in [2.75, 3.05) is 0 Å². The van der Waals surface area contributed by atoms with Gasteiger partial charge in [0.25, 0.3) is 0 Å². The second-order valence-electron chi connectivity index (χ2n) is 4.59. The van der Waals surface area contributed by atoms with Crippen molar-refractivity contribution in [2.24, 2.45) is 0 Å². The van der Waals surface area contributed by atoms with E-state index in [0.717, 1.165) is 31.3 Å². The Bertz CT molecular complexity index is 332. The zero-order valence-electron chi connectivity index (χ0n) is 9.48. The van der Waals surface area contributed by atoms with Crippen LogP contribution in [-0.4, -0.2) is 34.0 Å². The van der Waals surface area contributed by atoms with Crippen LogP contribution >= 0.6 is 0 Å². The van der Waals surface area contributed by atoms with Crippen LogP contribution in [0.25, 0.3) is 0 Å². The number of carboxylic acids is 1. The van der Waals surface area contributed by atoms with Gasteiger partial charge in [-0.05, 0) is 25.7 Å². The van der Waals surface area contributed by atoms with Crippen molar-refractivity contribution in [1.82, 2.24) is 4.90 Å². The minimum Gasteiger partial charge on any atom is -0.478 e. The summed E-state index contributed by atoms with van der Waals surface area (Å²) in [4.78, 5) is 24.3. The fraction of sp³-hybridized carbons (Fsp3) is 0.667. The van der Waals surface area contributed by atoms with Gasteiger partial charge in [-0.25, -0.2) is 4.79 Å². The summed E-state index contributed by atoms with van der Waals surface area (Å²) in [5.74, 6) is -0.661. The second-order valence-corrected chi connectivity index (χ2v) is 4.59. The van der Waals surface area contributed by atoms with Gasteiger partial charge < -0.3 is 10.0 Å². The summed E-state index contributed by atoms with van der Waals surface area (Å²) in [5.41, 5.74) is 0.986. The number of amides is 1. The number of carbonyl (C=O) groups is 2. The highest BCUT2D eigenvalue weighted by Gasteiger charge is 2.40. The monoisotopic (exact) mass is 223 g/mol. The number of hydrogen-bond acceptors (Lipinski definition) is 2. The molecule has 0 aromatic carbocycles. The number of carbonyl (C=O) groups excluding carboxylic acids is 1. The molecule has 2 heterocycles. The predicted molar refractivity (Wildman–Crippen MR) is 58.9 cm³/mol. The lowest BCUT2D eigenvalue weighted by Gasteiger charge is -2.36. The van der Waals surface area contributed by atoms with E-state index in [1.807, 2.05) is 11.8 Å². The molecule has 1 amide bonds. The molecule has 2 fully saturated rings. The zero-order chi connectivity index (χ0) is 11.7. The molecule has 0 radical (unpaired) electrons. The molecule has 2 unspecified atom stereocenters. The van der Waals surface area contributed by atoms with Crippen molar-refractivity contribution in [3.05, 3.63) is 11.6 Å². The van der Waals surface area contributed by atoms with Gasteiger partial charge in [0.15, 0.2) is 0 Å². The van der Waals surface area contributed by atoms with Gasteiger partial charge in [-0.1, -0.05) is 12.5 Å². The van der Waals surface area contributed by atoms with E-state index >= 15 is 0 Å². The van der Waals surface area contributed by atoms with E-state index < -0.39 is 5.97 Å². The van der Waals surface area contributed by atoms with Crippen molar-refractivity contribution in [3.8, 4) is 0 Å². The van der Waals surface area contributed by atoms with Crippen molar-refractivity contribution in [2.45, 2.75) is 51.1 Å². The molecule has 2 bridgehead atoms. The number of aliphatic carboxylic acids is 1. The van der Waals surface area contributed by atoms with Crippen LogP contribution in [0.15, 0.2) is 11.6 Å². The second kappa shape index (κ2) is 4.28. The number of fused-ring (bicyclic) bond motifs is 2. The van der Waals surface area contributed by atoms with Crippen LogP contribution in [0.3, 0.4) is 0 Å². The Morgan fingerprint density at radius 2 is 1.94 bits per heavy atom. The highest BCUT2D eigenvalue weighted by molar-refractivity contribution is 5.81. The van der Waals surface area contributed by atoms with E-state index in [9.17, 15) is 9.59 Å². The molecule has 0 aromatic rings. The van der Waals surface area contributed by atoms with Crippen LogP contribution in [0.1, 0.15) is 39.0 Å². The fourth-order valence-electron chi connectivity index (χ4n) is 2.93. The molecule has 2 aliphatic rings. The molecule has 4 nitrogen and oxygen atoms in total. The third-order valence-corrected chi connectivity index (χ3v) is 3.53. The van der Waals surface area contributed by atoms with Crippen LogP contribution in [0.5, 0.6) is 0 Å². The summed E-state index contributed by atoms with van der Waals surface area (Å²) >= 11 is 0. The Morgan fingerprint density at radius 1 is 1.38 bits per heavy atom. The molecule has 2 atom stereocenters. The summed E-state index contributed by atoms with van der Waals surface area (Å²) in [6.07, 6.45) is 5.40. The normalized spacial score (nSPS) is 28.1. The predicted octanol–water partition coefficient (Wildman–Crippen LogP) is 1.56. The number of piperidine rings is 1. The first-order valence-corrected chi connectivity index (χ1v) is 5.85. The third kappa shape index (κ3) is 1.96. The first kappa shape index (κ1) is 11.2. The molecule has 16 heavy (non-hydrogen) atoms. The molecule has 2 aliphatic heterocycles. The van der Waals surface area contributed by atoms with Gasteiger partial charge in [-0.3, -0.25) is 4.79 Å². The van der Waals surface area contributed by atoms with E-state index in [-0.39, 0.29) is 18.0 Å². The topological polar surface area (TPSA) is 57.6 Å². The SMILES string of the molecule is CCC(=O)N1C2CCC1CC(=CC(=O)O)C2.